The molecule has 0 aromatic heterocycles. The summed E-state index contributed by atoms with van der Waals surface area (Å²) in [6.07, 6.45) is 0. The van der Waals surface area contributed by atoms with Crippen LogP contribution in [0.4, 0.5) is 8.78 Å². The molecule has 2 N–H and O–H groups in total. The largest absolute Gasteiger partial charge is 0.486 e. The lowest BCUT2D eigenvalue weighted by molar-refractivity contribution is 0.171. The number of hydrogen-bond donors (Lipinski definition) is 1. The SMILES string of the molecule is NCc1cc(F)c(Sc2ccc3c(c2)OCCO3)c(F)c1. The minimum absolute atomic E-state index is 0.0520. The van der Waals surface area contributed by atoms with Gasteiger partial charge in [0.1, 0.15) is 24.8 Å². The van der Waals surface area contributed by atoms with Crippen molar-refractivity contribution >= 4 is 11.8 Å². The molecule has 0 amide bonds. The van der Waals surface area contributed by atoms with E-state index in [0.717, 1.165) is 11.8 Å². The molecule has 0 aliphatic carbocycles. The molecule has 3 rings (SSSR count). The molecule has 1 aliphatic rings. The maximum absolute atomic E-state index is 14.0. The summed E-state index contributed by atoms with van der Waals surface area (Å²) in [5, 5.41) is 0. The quantitative estimate of drug-likeness (QED) is 0.944. The second kappa shape index (κ2) is 5.91. The van der Waals surface area contributed by atoms with Crippen LogP contribution >= 0.6 is 11.8 Å². The molecule has 0 fully saturated rings. The van der Waals surface area contributed by atoms with E-state index in [1.165, 1.54) is 12.1 Å². The number of rotatable bonds is 3. The third-order valence-corrected chi connectivity index (χ3v) is 4.11. The van der Waals surface area contributed by atoms with Crippen LogP contribution in [0.25, 0.3) is 0 Å². The normalized spacial score (nSPS) is 13.3. The fourth-order valence-electron chi connectivity index (χ4n) is 2.03. The fourth-order valence-corrected chi connectivity index (χ4v) is 2.88. The van der Waals surface area contributed by atoms with Crippen LogP contribution < -0.4 is 15.2 Å². The molecule has 1 heterocycles. The highest BCUT2D eigenvalue weighted by atomic mass is 32.2. The smallest absolute Gasteiger partial charge is 0.162 e. The van der Waals surface area contributed by atoms with Gasteiger partial charge in [-0.2, -0.15) is 0 Å². The molecule has 21 heavy (non-hydrogen) atoms. The van der Waals surface area contributed by atoms with Gasteiger partial charge in [-0.1, -0.05) is 11.8 Å². The van der Waals surface area contributed by atoms with Gasteiger partial charge < -0.3 is 15.2 Å². The summed E-state index contributed by atoms with van der Waals surface area (Å²) in [6.45, 7) is 1.07. The van der Waals surface area contributed by atoms with Gasteiger partial charge in [-0.3, -0.25) is 0 Å². The first-order chi connectivity index (χ1) is 10.2. The van der Waals surface area contributed by atoms with E-state index in [1.54, 1.807) is 18.2 Å². The third-order valence-electron chi connectivity index (χ3n) is 3.03. The minimum atomic E-state index is -0.615. The number of ether oxygens (including phenoxy) is 2. The fraction of sp³-hybridized carbons (Fsp3) is 0.200. The maximum atomic E-state index is 14.0. The van der Waals surface area contributed by atoms with Crippen molar-refractivity contribution in [3.8, 4) is 11.5 Å². The van der Waals surface area contributed by atoms with Gasteiger partial charge in [-0.15, -0.1) is 0 Å². The Morgan fingerprint density at radius 1 is 1.00 bits per heavy atom. The standard InChI is InChI=1S/C15H13F2NO2S/c16-11-5-9(8-18)6-12(17)15(11)21-10-1-2-13-14(7-10)20-4-3-19-13/h1-2,5-7H,3-4,8,18H2. The molecular formula is C15H13F2NO2S. The van der Waals surface area contributed by atoms with Crippen LogP contribution in [-0.4, -0.2) is 13.2 Å². The van der Waals surface area contributed by atoms with Crippen molar-refractivity contribution in [2.24, 2.45) is 5.73 Å². The first-order valence-electron chi connectivity index (χ1n) is 6.43. The Morgan fingerprint density at radius 3 is 2.33 bits per heavy atom. The van der Waals surface area contributed by atoms with E-state index in [2.05, 4.69) is 0 Å². The second-order valence-electron chi connectivity index (χ2n) is 4.50. The minimum Gasteiger partial charge on any atom is -0.486 e. The molecule has 0 atom stereocenters. The summed E-state index contributed by atoms with van der Waals surface area (Å²) in [7, 11) is 0. The zero-order chi connectivity index (χ0) is 14.8. The van der Waals surface area contributed by atoms with Crippen molar-refractivity contribution in [1.82, 2.24) is 0 Å². The van der Waals surface area contributed by atoms with Crippen LogP contribution in [0, 0.1) is 11.6 Å². The van der Waals surface area contributed by atoms with Crippen molar-refractivity contribution in [1.29, 1.82) is 0 Å². The van der Waals surface area contributed by atoms with Crippen molar-refractivity contribution in [3.63, 3.8) is 0 Å². The first-order valence-corrected chi connectivity index (χ1v) is 7.24. The molecule has 1 aliphatic heterocycles. The number of halogens is 2. The average molecular weight is 309 g/mol. The second-order valence-corrected chi connectivity index (χ2v) is 5.58. The number of fused-ring (bicyclic) bond motifs is 1. The third kappa shape index (κ3) is 2.96. The predicted molar refractivity (Wildman–Crippen MR) is 75.8 cm³/mol. The van der Waals surface area contributed by atoms with Crippen LogP contribution in [0.3, 0.4) is 0 Å². The lowest BCUT2D eigenvalue weighted by Crippen LogP contribution is -2.15. The summed E-state index contributed by atoms with van der Waals surface area (Å²) in [5.41, 5.74) is 5.82. The summed E-state index contributed by atoms with van der Waals surface area (Å²) in [5.74, 6) is 0.00125. The summed E-state index contributed by atoms with van der Waals surface area (Å²) in [4.78, 5) is 0.626. The van der Waals surface area contributed by atoms with E-state index in [-0.39, 0.29) is 11.4 Å². The topological polar surface area (TPSA) is 44.5 Å². The number of hydrogen-bond acceptors (Lipinski definition) is 4. The monoisotopic (exact) mass is 309 g/mol. The van der Waals surface area contributed by atoms with E-state index in [4.69, 9.17) is 15.2 Å². The molecule has 2 aromatic rings. The lowest BCUT2D eigenvalue weighted by atomic mass is 10.2. The van der Waals surface area contributed by atoms with Crippen molar-refractivity contribution in [2.45, 2.75) is 16.3 Å². The van der Waals surface area contributed by atoms with Gasteiger partial charge in [0.25, 0.3) is 0 Å². The Bertz CT molecular complexity index is 656. The Labute approximate surface area is 125 Å². The first kappa shape index (κ1) is 14.2. The molecular weight excluding hydrogens is 296 g/mol. The van der Waals surface area contributed by atoms with Crippen molar-refractivity contribution in [2.75, 3.05) is 13.2 Å². The average Bonchev–Trinajstić information content (AvgIpc) is 2.50. The Morgan fingerprint density at radius 2 is 1.67 bits per heavy atom. The van der Waals surface area contributed by atoms with Gasteiger partial charge in [-0.05, 0) is 35.9 Å². The van der Waals surface area contributed by atoms with E-state index < -0.39 is 11.6 Å². The zero-order valence-electron chi connectivity index (χ0n) is 11.1. The molecule has 110 valence electrons. The van der Waals surface area contributed by atoms with Crippen LogP contribution in [0.1, 0.15) is 5.56 Å². The van der Waals surface area contributed by atoms with Crippen LogP contribution in [0.15, 0.2) is 40.1 Å². The summed E-state index contributed by atoms with van der Waals surface area (Å²) >= 11 is 1.01. The van der Waals surface area contributed by atoms with Crippen LogP contribution in [0.2, 0.25) is 0 Å². The van der Waals surface area contributed by atoms with E-state index >= 15 is 0 Å². The molecule has 3 nitrogen and oxygen atoms in total. The molecule has 0 spiro atoms. The van der Waals surface area contributed by atoms with Gasteiger partial charge in [-0.25, -0.2) is 8.78 Å². The Hall–Kier alpha value is -1.79. The number of nitrogens with two attached hydrogens (primary N) is 1. The lowest BCUT2D eigenvalue weighted by Gasteiger charge is -2.18. The van der Waals surface area contributed by atoms with E-state index in [1.807, 2.05) is 0 Å². The molecule has 0 saturated heterocycles. The summed E-state index contributed by atoms with van der Waals surface area (Å²) in [6, 6.07) is 7.70. The Kier molecular flexibility index (Phi) is 3.98. The van der Waals surface area contributed by atoms with Gasteiger partial charge in [0.15, 0.2) is 11.5 Å². The predicted octanol–water partition coefficient (Wildman–Crippen LogP) is 3.35. The zero-order valence-corrected chi connectivity index (χ0v) is 11.9. The van der Waals surface area contributed by atoms with Crippen LogP contribution in [-0.2, 0) is 6.54 Å². The highest BCUT2D eigenvalue weighted by Gasteiger charge is 2.16. The van der Waals surface area contributed by atoms with Gasteiger partial charge in [0.05, 0.1) is 4.90 Å². The van der Waals surface area contributed by atoms with Crippen LogP contribution in [0.5, 0.6) is 11.5 Å². The molecule has 0 unspecified atom stereocenters. The van der Waals surface area contributed by atoms with E-state index in [9.17, 15) is 8.78 Å². The van der Waals surface area contributed by atoms with Gasteiger partial charge >= 0.3 is 0 Å². The maximum Gasteiger partial charge on any atom is 0.162 e. The summed E-state index contributed by atoms with van der Waals surface area (Å²) < 4.78 is 38.8. The molecule has 0 saturated carbocycles. The molecule has 0 radical (unpaired) electrons. The van der Waals surface area contributed by atoms with Gasteiger partial charge in [0, 0.05) is 11.4 Å². The Balaban J connectivity index is 1.90. The van der Waals surface area contributed by atoms with E-state index in [0.29, 0.717) is 35.2 Å². The number of benzene rings is 2. The molecule has 6 heteroatoms. The van der Waals surface area contributed by atoms with Crippen molar-refractivity contribution in [3.05, 3.63) is 47.5 Å². The molecule has 0 bridgehead atoms. The van der Waals surface area contributed by atoms with Gasteiger partial charge in [0.2, 0.25) is 0 Å². The highest BCUT2D eigenvalue weighted by Crippen LogP contribution is 2.38. The van der Waals surface area contributed by atoms with Crippen molar-refractivity contribution < 1.29 is 18.3 Å². The molecule has 2 aromatic carbocycles. The highest BCUT2D eigenvalue weighted by molar-refractivity contribution is 7.99.